The lowest BCUT2D eigenvalue weighted by atomic mass is 10.2. The quantitative estimate of drug-likeness (QED) is 0.635. The first kappa shape index (κ1) is 18.2. The second kappa shape index (κ2) is 7.59. The van der Waals surface area contributed by atoms with Crippen molar-refractivity contribution in [3.63, 3.8) is 0 Å². The molecule has 2 aromatic carbocycles. The number of anilines is 1. The van der Waals surface area contributed by atoms with Gasteiger partial charge in [-0.05, 0) is 43.3 Å². The molecule has 0 aliphatic carbocycles. The maximum absolute atomic E-state index is 13.2. The lowest BCUT2D eigenvalue weighted by Crippen LogP contribution is -2.30. The molecule has 8 heteroatoms. The van der Waals surface area contributed by atoms with Crippen molar-refractivity contribution in [2.24, 2.45) is 0 Å². The monoisotopic (exact) mass is 373 g/mol. The minimum Gasteiger partial charge on any atom is -0.449 e. The normalized spacial score (nSPS) is 11.7. The number of ether oxygens (including phenoxy) is 1. The van der Waals surface area contributed by atoms with Gasteiger partial charge >= 0.3 is 5.97 Å². The van der Waals surface area contributed by atoms with Crippen molar-refractivity contribution in [1.29, 1.82) is 0 Å². The van der Waals surface area contributed by atoms with Crippen LogP contribution in [-0.2, 0) is 9.53 Å². The zero-order valence-electron chi connectivity index (χ0n) is 12.3. The molecule has 0 aliphatic rings. The van der Waals surface area contributed by atoms with Gasteiger partial charge < -0.3 is 10.1 Å². The van der Waals surface area contributed by atoms with Gasteiger partial charge in [0, 0.05) is 10.7 Å². The van der Waals surface area contributed by atoms with Gasteiger partial charge in [0.25, 0.3) is 5.91 Å². The molecule has 2 aromatic rings. The van der Waals surface area contributed by atoms with Crippen LogP contribution in [0.1, 0.15) is 17.3 Å². The Morgan fingerprint density at radius 3 is 2.29 bits per heavy atom. The highest BCUT2D eigenvalue weighted by Crippen LogP contribution is 2.21. The molecule has 0 saturated heterocycles. The van der Waals surface area contributed by atoms with Crippen LogP contribution in [0.2, 0.25) is 10.0 Å². The van der Waals surface area contributed by atoms with Gasteiger partial charge in [0.2, 0.25) is 0 Å². The number of esters is 1. The van der Waals surface area contributed by atoms with Crippen LogP contribution in [0.4, 0.5) is 14.5 Å². The fourth-order valence-corrected chi connectivity index (χ4v) is 2.09. The molecule has 0 heterocycles. The Morgan fingerprint density at radius 1 is 1.08 bits per heavy atom. The summed E-state index contributed by atoms with van der Waals surface area (Å²) in [5.41, 5.74) is 0.0832. The average molecular weight is 374 g/mol. The summed E-state index contributed by atoms with van der Waals surface area (Å²) in [6.07, 6.45) is -1.18. The summed E-state index contributed by atoms with van der Waals surface area (Å²) in [5, 5.41) is 2.70. The summed E-state index contributed by atoms with van der Waals surface area (Å²) < 4.78 is 31.1. The molecule has 2 rings (SSSR count). The van der Waals surface area contributed by atoms with Gasteiger partial charge in [-0.25, -0.2) is 13.6 Å². The Hall–Kier alpha value is -2.18. The fraction of sp³-hybridized carbons (Fsp3) is 0.125. The van der Waals surface area contributed by atoms with Crippen LogP contribution < -0.4 is 5.32 Å². The van der Waals surface area contributed by atoms with E-state index in [-0.39, 0.29) is 10.6 Å². The molecule has 1 atom stereocenters. The Bertz CT molecular complexity index is 782. The van der Waals surface area contributed by atoms with Crippen molar-refractivity contribution in [3.8, 4) is 0 Å². The molecule has 0 bridgehead atoms. The molecule has 1 unspecified atom stereocenters. The first-order valence-electron chi connectivity index (χ1n) is 6.70. The maximum Gasteiger partial charge on any atom is 0.340 e. The lowest BCUT2D eigenvalue weighted by molar-refractivity contribution is -0.123. The van der Waals surface area contributed by atoms with Crippen molar-refractivity contribution in [2.75, 3.05) is 5.32 Å². The number of hydrogen-bond acceptors (Lipinski definition) is 3. The molecular weight excluding hydrogens is 363 g/mol. The molecule has 24 heavy (non-hydrogen) atoms. The van der Waals surface area contributed by atoms with Crippen molar-refractivity contribution < 1.29 is 23.1 Å². The van der Waals surface area contributed by atoms with E-state index in [1.165, 1.54) is 6.92 Å². The SMILES string of the molecule is CC(OC(=O)c1cc(F)c(F)cc1Cl)C(=O)Nc1ccc(Cl)cc1. The number of rotatable bonds is 4. The predicted octanol–water partition coefficient (Wildman–Crippen LogP) is 4.46. The standard InChI is InChI=1S/C16H11Cl2F2NO3/c1-8(15(22)21-10-4-2-9(17)3-5-10)24-16(23)11-6-13(19)14(20)7-12(11)18/h2-8H,1H3,(H,21,22). The van der Waals surface area contributed by atoms with E-state index in [4.69, 9.17) is 27.9 Å². The van der Waals surface area contributed by atoms with Crippen LogP contribution in [0.5, 0.6) is 0 Å². The summed E-state index contributed by atoms with van der Waals surface area (Å²) in [4.78, 5) is 23.9. The van der Waals surface area contributed by atoms with Gasteiger partial charge in [-0.2, -0.15) is 0 Å². The number of carbonyl (C=O) groups is 2. The zero-order chi connectivity index (χ0) is 17.9. The Labute approximate surface area is 146 Å². The highest BCUT2D eigenvalue weighted by atomic mass is 35.5. The molecule has 1 amide bonds. The first-order chi connectivity index (χ1) is 11.3. The number of hydrogen-bond donors (Lipinski definition) is 1. The van der Waals surface area contributed by atoms with Crippen molar-refractivity contribution >= 4 is 40.8 Å². The first-order valence-corrected chi connectivity index (χ1v) is 7.45. The van der Waals surface area contributed by atoms with Crippen molar-refractivity contribution in [3.05, 3.63) is 63.6 Å². The summed E-state index contributed by atoms with van der Waals surface area (Å²) >= 11 is 11.4. The number of benzene rings is 2. The van der Waals surface area contributed by atoms with E-state index in [1.807, 2.05) is 0 Å². The van der Waals surface area contributed by atoms with Gasteiger partial charge in [0.15, 0.2) is 17.7 Å². The predicted molar refractivity (Wildman–Crippen MR) is 86.3 cm³/mol. The highest BCUT2D eigenvalue weighted by molar-refractivity contribution is 6.33. The number of halogens is 4. The second-order valence-electron chi connectivity index (χ2n) is 4.79. The minimum atomic E-state index is -1.25. The highest BCUT2D eigenvalue weighted by Gasteiger charge is 2.22. The molecule has 1 N–H and O–H groups in total. The molecule has 0 aromatic heterocycles. The number of nitrogens with one attached hydrogen (secondary N) is 1. The van der Waals surface area contributed by atoms with Crippen molar-refractivity contribution in [2.45, 2.75) is 13.0 Å². The Kier molecular flexibility index (Phi) is 5.75. The summed E-state index contributed by atoms with van der Waals surface area (Å²) in [5.74, 6) is -4.09. The topological polar surface area (TPSA) is 55.4 Å². The van der Waals surface area contributed by atoms with Crippen LogP contribution in [0.25, 0.3) is 0 Å². The van der Waals surface area contributed by atoms with E-state index < -0.39 is 29.6 Å². The Balaban J connectivity index is 2.04. The van der Waals surface area contributed by atoms with Crippen LogP contribution in [0.15, 0.2) is 36.4 Å². The van der Waals surface area contributed by atoms with E-state index in [0.717, 1.165) is 0 Å². The molecule has 126 valence electrons. The van der Waals surface area contributed by atoms with Crippen molar-refractivity contribution in [1.82, 2.24) is 0 Å². The van der Waals surface area contributed by atoms with E-state index in [2.05, 4.69) is 5.32 Å². The third-order valence-electron chi connectivity index (χ3n) is 2.99. The molecule has 0 saturated carbocycles. The maximum atomic E-state index is 13.2. The number of amides is 1. The van der Waals surface area contributed by atoms with Crippen LogP contribution >= 0.6 is 23.2 Å². The molecule has 4 nitrogen and oxygen atoms in total. The molecule has 0 radical (unpaired) electrons. The van der Waals surface area contributed by atoms with Crippen LogP contribution in [0, 0.1) is 11.6 Å². The van der Waals surface area contributed by atoms with Gasteiger partial charge in [-0.15, -0.1) is 0 Å². The van der Waals surface area contributed by atoms with E-state index in [1.54, 1.807) is 24.3 Å². The zero-order valence-corrected chi connectivity index (χ0v) is 13.8. The third-order valence-corrected chi connectivity index (χ3v) is 3.56. The van der Waals surface area contributed by atoms with Crippen LogP contribution in [0.3, 0.4) is 0 Å². The molecular formula is C16H11Cl2F2NO3. The smallest absolute Gasteiger partial charge is 0.340 e. The average Bonchev–Trinajstić information content (AvgIpc) is 2.52. The largest absolute Gasteiger partial charge is 0.449 e. The van der Waals surface area contributed by atoms with E-state index in [9.17, 15) is 18.4 Å². The van der Waals surface area contributed by atoms with Crippen LogP contribution in [-0.4, -0.2) is 18.0 Å². The lowest BCUT2D eigenvalue weighted by Gasteiger charge is -2.14. The summed E-state index contributed by atoms with van der Waals surface area (Å²) in [6, 6.07) is 7.57. The van der Waals surface area contributed by atoms with Gasteiger partial charge in [0.05, 0.1) is 10.6 Å². The molecule has 0 spiro atoms. The minimum absolute atomic E-state index is 0.316. The Morgan fingerprint density at radius 2 is 1.67 bits per heavy atom. The second-order valence-corrected chi connectivity index (χ2v) is 5.63. The molecule has 0 aliphatic heterocycles. The van der Waals surface area contributed by atoms with Gasteiger partial charge in [-0.3, -0.25) is 4.79 Å². The van der Waals surface area contributed by atoms with E-state index in [0.29, 0.717) is 22.8 Å². The van der Waals surface area contributed by atoms with Gasteiger partial charge in [0.1, 0.15) is 0 Å². The summed E-state index contributed by atoms with van der Waals surface area (Å²) in [6.45, 7) is 1.33. The third kappa shape index (κ3) is 4.43. The summed E-state index contributed by atoms with van der Waals surface area (Å²) in [7, 11) is 0. The fourth-order valence-electron chi connectivity index (χ4n) is 1.73. The number of carbonyl (C=O) groups excluding carboxylic acids is 2. The van der Waals surface area contributed by atoms with E-state index >= 15 is 0 Å². The van der Waals surface area contributed by atoms with Gasteiger partial charge in [-0.1, -0.05) is 23.2 Å². The molecule has 0 fully saturated rings.